The Hall–Kier alpha value is -3.46. The van der Waals surface area contributed by atoms with Gasteiger partial charge in [0.15, 0.2) is 5.82 Å². The van der Waals surface area contributed by atoms with Crippen LogP contribution in [-0.2, 0) is 0 Å². The molecular formula is C18H16N6. The number of anilines is 4. The first-order valence-electron chi connectivity index (χ1n) is 7.45. The molecule has 0 unspecified atom stereocenters. The molecule has 0 radical (unpaired) electrons. The van der Waals surface area contributed by atoms with Crippen molar-refractivity contribution in [2.24, 2.45) is 0 Å². The number of hydrogen-bond acceptors (Lipinski definition) is 6. The molecule has 0 aliphatic heterocycles. The SMILES string of the molecule is Cc1ccc(Nc2nncc(Nc3ccc(C#N)cc3)n2)cc1C. The first-order chi connectivity index (χ1) is 11.6. The van der Waals surface area contributed by atoms with Crippen LogP contribution >= 0.6 is 0 Å². The lowest BCUT2D eigenvalue weighted by atomic mass is 10.1. The minimum absolute atomic E-state index is 0.414. The lowest BCUT2D eigenvalue weighted by molar-refractivity contribution is 0.982. The van der Waals surface area contributed by atoms with Gasteiger partial charge in [0.1, 0.15) is 0 Å². The van der Waals surface area contributed by atoms with Crippen LogP contribution in [0.3, 0.4) is 0 Å². The zero-order valence-electron chi connectivity index (χ0n) is 13.4. The molecule has 3 rings (SSSR count). The van der Waals surface area contributed by atoms with Crippen molar-refractivity contribution in [3.8, 4) is 6.07 Å². The average molecular weight is 316 g/mol. The molecule has 0 atom stereocenters. The fourth-order valence-corrected chi connectivity index (χ4v) is 2.14. The van der Waals surface area contributed by atoms with Gasteiger partial charge in [-0.3, -0.25) is 0 Å². The Labute approximate surface area is 140 Å². The second-order valence-electron chi connectivity index (χ2n) is 5.40. The van der Waals surface area contributed by atoms with Gasteiger partial charge in [0.25, 0.3) is 0 Å². The van der Waals surface area contributed by atoms with Gasteiger partial charge in [-0.25, -0.2) is 0 Å². The van der Waals surface area contributed by atoms with E-state index in [0.717, 1.165) is 11.4 Å². The summed E-state index contributed by atoms with van der Waals surface area (Å²) in [4.78, 5) is 4.40. The predicted molar refractivity (Wildman–Crippen MR) is 93.5 cm³/mol. The molecule has 1 heterocycles. The second kappa shape index (κ2) is 6.75. The number of benzene rings is 2. The fourth-order valence-electron chi connectivity index (χ4n) is 2.14. The first-order valence-corrected chi connectivity index (χ1v) is 7.45. The number of nitrogens with zero attached hydrogens (tertiary/aromatic N) is 4. The maximum atomic E-state index is 8.82. The van der Waals surface area contributed by atoms with E-state index >= 15 is 0 Å². The molecule has 0 saturated heterocycles. The summed E-state index contributed by atoms with van der Waals surface area (Å²) in [6.45, 7) is 4.13. The number of rotatable bonds is 4. The average Bonchev–Trinajstić information content (AvgIpc) is 2.59. The molecule has 2 N–H and O–H groups in total. The molecule has 2 aromatic carbocycles. The fraction of sp³-hybridized carbons (Fsp3) is 0.111. The zero-order chi connectivity index (χ0) is 16.9. The third-order valence-electron chi connectivity index (χ3n) is 3.61. The molecule has 0 aliphatic carbocycles. The summed E-state index contributed by atoms with van der Waals surface area (Å²) in [7, 11) is 0. The topological polar surface area (TPSA) is 86.5 Å². The van der Waals surface area contributed by atoms with Gasteiger partial charge in [0.05, 0.1) is 17.8 Å². The maximum Gasteiger partial charge on any atom is 0.249 e. The Balaban J connectivity index is 1.75. The second-order valence-corrected chi connectivity index (χ2v) is 5.40. The number of hydrogen-bond donors (Lipinski definition) is 2. The summed E-state index contributed by atoms with van der Waals surface area (Å²) in [6.07, 6.45) is 1.55. The predicted octanol–water partition coefficient (Wildman–Crippen LogP) is 3.85. The van der Waals surface area contributed by atoms with Crippen LogP contribution < -0.4 is 10.6 Å². The molecule has 6 nitrogen and oxygen atoms in total. The van der Waals surface area contributed by atoms with Crippen LogP contribution in [0.25, 0.3) is 0 Å². The maximum absolute atomic E-state index is 8.82. The van der Waals surface area contributed by atoms with Crippen LogP contribution in [0.2, 0.25) is 0 Å². The van der Waals surface area contributed by atoms with Crippen molar-refractivity contribution in [2.75, 3.05) is 10.6 Å². The summed E-state index contributed by atoms with van der Waals surface area (Å²) in [5.74, 6) is 0.984. The van der Waals surface area contributed by atoms with Gasteiger partial charge >= 0.3 is 0 Å². The summed E-state index contributed by atoms with van der Waals surface area (Å²) >= 11 is 0. The molecule has 0 bridgehead atoms. The number of aryl methyl sites for hydroxylation is 2. The standard InChI is InChI=1S/C18H16N6/c1-12-3-6-16(9-13(12)2)22-18-23-17(11-20-24-18)21-15-7-4-14(10-19)5-8-15/h3-9,11H,1-2H3,(H2,21,22,23,24). The Morgan fingerprint density at radius 1 is 0.917 bits per heavy atom. The zero-order valence-corrected chi connectivity index (χ0v) is 13.4. The van der Waals surface area contributed by atoms with Gasteiger partial charge in [-0.05, 0) is 61.4 Å². The molecule has 0 fully saturated rings. The third-order valence-corrected chi connectivity index (χ3v) is 3.61. The van der Waals surface area contributed by atoms with E-state index in [1.54, 1.807) is 18.3 Å². The number of aromatic nitrogens is 3. The Morgan fingerprint density at radius 3 is 2.38 bits per heavy atom. The van der Waals surface area contributed by atoms with E-state index in [2.05, 4.69) is 45.7 Å². The van der Waals surface area contributed by atoms with Crippen molar-refractivity contribution in [1.29, 1.82) is 5.26 Å². The van der Waals surface area contributed by atoms with Crippen LogP contribution in [-0.4, -0.2) is 15.2 Å². The van der Waals surface area contributed by atoms with E-state index in [9.17, 15) is 0 Å². The van der Waals surface area contributed by atoms with E-state index < -0.39 is 0 Å². The van der Waals surface area contributed by atoms with Gasteiger partial charge in [-0.1, -0.05) is 6.07 Å². The summed E-state index contributed by atoms with van der Waals surface area (Å²) in [5.41, 5.74) is 4.77. The highest BCUT2D eigenvalue weighted by Gasteiger charge is 2.03. The molecule has 0 spiro atoms. The van der Waals surface area contributed by atoms with Crippen molar-refractivity contribution in [2.45, 2.75) is 13.8 Å². The Kier molecular flexibility index (Phi) is 4.34. The molecule has 6 heteroatoms. The van der Waals surface area contributed by atoms with Crippen LogP contribution in [0.15, 0.2) is 48.7 Å². The summed E-state index contributed by atoms with van der Waals surface area (Å²) in [5, 5.41) is 23.1. The molecule has 0 aliphatic rings. The van der Waals surface area contributed by atoms with Gasteiger partial charge < -0.3 is 10.6 Å². The highest BCUT2D eigenvalue weighted by Crippen LogP contribution is 2.19. The van der Waals surface area contributed by atoms with Crippen LogP contribution in [0, 0.1) is 25.2 Å². The van der Waals surface area contributed by atoms with E-state index in [1.165, 1.54) is 11.1 Å². The minimum Gasteiger partial charge on any atom is -0.339 e. The smallest absolute Gasteiger partial charge is 0.249 e. The Morgan fingerprint density at radius 2 is 1.67 bits per heavy atom. The lowest BCUT2D eigenvalue weighted by Crippen LogP contribution is -2.02. The normalized spacial score (nSPS) is 10.0. The lowest BCUT2D eigenvalue weighted by Gasteiger charge is -2.09. The van der Waals surface area contributed by atoms with Crippen molar-refractivity contribution in [1.82, 2.24) is 15.2 Å². The molecular weight excluding hydrogens is 300 g/mol. The summed E-state index contributed by atoms with van der Waals surface area (Å²) < 4.78 is 0. The molecule has 118 valence electrons. The van der Waals surface area contributed by atoms with E-state index in [0.29, 0.717) is 17.3 Å². The monoisotopic (exact) mass is 316 g/mol. The quantitative estimate of drug-likeness (QED) is 0.760. The van der Waals surface area contributed by atoms with Crippen molar-refractivity contribution in [3.63, 3.8) is 0 Å². The van der Waals surface area contributed by atoms with Gasteiger partial charge in [-0.2, -0.15) is 15.3 Å². The molecule has 3 aromatic rings. The number of nitrogens with one attached hydrogen (secondary N) is 2. The summed E-state index contributed by atoms with van der Waals surface area (Å²) in [6, 6.07) is 15.3. The van der Waals surface area contributed by atoms with Gasteiger partial charge in [-0.15, -0.1) is 5.10 Å². The highest BCUT2D eigenvalue weighted by atomic mass is 15.3. The van der Waals surface area contributed by atoms with Gasteiger partial charge in [0.2, 0.25) is 5.95 Å². The van der Waals surface area contributed by atoms with Crippen LogP contribution in [0.1, 0.15) is 16.7 Å². The van der Waals surface area contributed by atoms with E-state index in [1.807, 2.05) is 30.3 Å². The van der Waals surface area contributed by atoms with Crippen molar-refractivity contribution >= 4 is 23.1 Å². The first kappa shape index (κ1) is 15.4. The largest absolute Gasteiger partial charge is 0.339 e. The molecule has 24 heavy (non-hydrogen) atoms. The van der Waals surface area contributed by atoms with E-state index in [-0.39, 0.29) is 0 Å². The molecule has 0 saturated carbocycles. The van der Waals surface area contributed by atoms with E-state index in [4.69, 9.17) is 5.26 Å². The van der Waals surface area contributed by atoms with Crippen molar-refractivity contribution < 1.29 is 0 Å². The van der Waals surface area contributed by atoms with Crippen LogP contribution in [0.5, 0.6) is 0 Å². The van der Waals surface area contributed by atoms with Gasteiger partial charge in [0, 0.05) is 11.4 Å². The van der Waals surface area contributed by atoms with Crippen molar-refractivity contribution in [3.05, 3.63) is 65.4 Å². The molecule has 0 amide bonds. The number of nitriles is 1. The van der Waals surface area contributed by atoms with Crippen LogP contribution in [0.4, 0.5) is 23.1 Å². The highest BCUT2D eigenvalue weighted by molar-refractivity contribution is 5.60. The minimum atomic E-state index is 0.414. The Bertz CT molecular complexity index is 896. The third kappa shape index (κ3) is 3.65. The molecule has 1 aromatic heterocycles.